The second-order valence-electron chi connectivity index (χ2n) is 5.60. The van der Waals surface area contributed by atoms with Crippen LogP contribution in [-0.4, -0.2) is 9.85 Å². The molecule has 0 bridgehead atoms. The van der Waals surface area contributed by atoms with Crippen LogP contribution >= 0.6 is 11.6 Å². The zero-order valence-electron chi connectivity index (χ0n) is 14.2. The van der Waals surface area contributed by atoms with Gasteiger partial charge < -0.3 is 0 Å². The molecule has 138 valence electrons. The molecule has 0 fully saturated rings. The van der Waals surface area contributed by atoms with Crippen LogP contribution in [0.4, 0.5) is 28.4 Å². The summed E-state index contributed by atoms with van der Waals surface area (Å²) in [7, 11) is 0. The molecule has 9 heteroatoms. The van der Waals surface area contributed by atoms with Crippen LogP contribution in [0.1, 0.15) is 5.56 Å². The van der Waals surface area contributed by atoms with Crippen LogP contribution < -0.4 is 4.90 Å². The van der Waals surface area contributed by atoms with Crippen molar-refractivity contribution < 1.29 is 9.85 Å². The van der Waals surface area contributed by atoms with Crippen LogP contribution in [0.15, 0.2) is 66.7 Å². The lowest BCUT2D eigenvalue weighted by molar-refractivity contribution is -0.384. The molecule has 0 aliphatic carbocycles. The standard InChI is InChI=1S/C19H11ClN4O4/c20-15-11-14(10-9-13(15)12-21)22(16-5-1-3-7-18(16)23(25)26)17-6-2-4-8-19(17)24(27)28/h1-11H. The summed E-state index contributed by atoms with van der Waals surface area (Å²) >= 11 is 6.14. The minimum absolute atomic E-state index is 0.127. The molecule has 3 aromatic rings. The lowest BCUT2D eigenvalue weighted by Gasteiger charge is -2.25. The highest BCUT2D eigenvalue weighted by Gasteiger charge is 2.27. The zero-order chi connectivity index (χ0) is 20.3. The third-order valence-corrected chi connectivity index (χ3v) is 4.28. The molecule has 0 amide bonds. The highest BCUT2D eigenvalue weighted by Crippen LogP contribution is 2.44. The monoisotopic (exact) mass is 394 g/mol. The zero-order valence-corrected chi connectivity index (χ0v) is 14.9. The van der Waals surface area contributed by atoms with E-state index in [4.69, 9.17) is 16.9 Å². The fraction of sp³-hybridized carbons (Fsp3) is 0. The van der Waals surface area contributed by atoms with Gasteiger partial charge in [0.25, 0.3) is 11.4 Å². The van der Waals surface area contributed by atoms with Gasteiger partial charge >= 0.3 is 0 Å². The molecule has 8 nitrogen and oxygen atoms in total. The summed E-state index contributed by atoms with van der Waals surface area (Å²) in [5.74, 6) is 0. The number of nitro groups is 2. The van der Waals surface area contributed by atoms with E-state index in [1.165, 1.54) is 59.5 Å². The Kier molecular flexibility index (Phi) is 5.20. The molecule has 0 N–H and O–H groups in total. The van der Waals surface area contributed by atoms with Crippen molar-refractivity contribution in [1.29, 1.82) is 5.26 Å². The Morgan fingerprint density at radius 2 is 1.36 bits per heavy atom. The first-order valence-corrected chi connectivity index (χ1v) is 8.28. The lowest BCUT2D eigenvalue weighted by atomic mass is 10.1. The number of hydrogen-bond acceptors (Lipinski definition) is 6. The van der Waals surface area contributed by atoms with Gasteiger partial charge in [0.1, 0.15) is 17.4 Å². The summed E-state index contributed by atoms with van der Waals surface area (Å²) in [6.45, 7) is 0. The van der Waals surface area contributed by atoms with Gasteiger partial charge in [-0.3, -0.25) is 25.1 Å². The Bertz CT molecular complexity index is 1070. The Morgan fingerprint density at radius 1 is 0.857 bits per heavy atom. The fourth-order valence-electron chi connectivity index (χ4n) is 2.76. The van der Waals surface area contributed by atoms with E-state index in [2.05, 4.69) is 0 Å². The van der Waals surface area contributed by atoms with E-state index < -0.39 is 9.85 Å². The first-order valence-electron chi connectivity index (χ1n) is 7.90. The number of anilines is 3. The normalized spacial score (nSPS) is 10.1. The molecule has 3 rings (SSSR count). The van der Waals surface area contributed by atoms with Crippen molar-refractivity contribution in [2.75, 3.05) is 4.90 Å². The van der Waals surface area contributed by atoms with E-state index >= 15 is 0 Å². The largest absolute Gasteiger partial charge is 0.298 e. The van der Waals surface area contributed by atoms with E-state index in [0.717, 1.165) is 0 Å². The van der Waals surface area contributed by atoms with Crippen LogP contribution in [0.5, 0.6) is 0 Å². The van der Waals surface area contributed by atoms with Crippen molar-refractivity contribution in [3.05, 3.63) is 97.5 Å². The van der Waals surface area contributed by atoms with E-state index in [-0.39, 0.29) is 33.3 Å². The molecule has 0 radical (unpaired) electrons. The molecule has 0 saturated heterocycles. The van der Waals surface area contributed by atoms with Gasteiger partial charge in [0.15, 0.2) is 0 Å². The second-order valence-corrected chi connectivity index (χ2v) is 6.01. The summed E-state index contributed by atoms with van der Waals surface area (Å²) in [5.41, 5.74) is 0.343. The number of para-hydroxylation sites is 4. The molecule has 0 spiro atoms. The van der Waals surface area contributed by atoms with Crippen molar-refractivity contribution in [2.24, 2.45) is 0 Å². The quantitative estimate of drug-likeness (QED) is 0.417. The number of hydrogen-bond donors (Lipinski definition) is 0. The molecule has 0 heterocycles. The average molecular weight is 395 g/mol. The molecule has 3 aromatic carbocycles. The fourth-order valence-corrected chi connectivity index (χ4v) is 2.97. The predicted molar refractivity (Wildman–Crippen MR) is 104 cm³/mol. The highest BCUT2D eigenvalue weighted by atomic mass is 35.5. The number of benzene rings is 3. The number of nitro benzene ring substituents is 2. The topological polar surface area (TPSA) is 113 Å². The van der Waals surface area contributed by atoms with Gasteiger partial charge in [0, 0.05) is 17.8 Å². The molecule has 0 aliphatic heterocycles. The molecule has 0 saturated carbocycles. The SMILES string of the molecule is N#Cc1ccc(N(c2ccccc2[N+](=O)[O-])c2ccccc2[N+](=O)[O-])cc1Cl. The van der Waals surface area contributed by atoms with Crippen molar-refractivity contribution in [1.82, 2.24) is 0 Å². The summed E-state index contributed by atoms with van der Waals surface area (Å²) < 4.78 is 0. The van der Waals surface area contributed by atoms with Crippen molar-refractivity contribution in [3.8, 4) is 6.07 Å². The molecule has 0 unspecified atom stereocenters. The van der Waals surface area contributed by atoms with E-state index in [1.54, 1.807) is 12.1 Å². The number of rotatable bonds is 5. The number of nitrogens with zero attached hydrogens (tertiary/aromatic N) is 4. The molecule has 0 aromatic heterocycles. The van der Waals surface area contributed by atoms with Crippen LogP contribution in [0, 0.1) is 31.6 Å². The van der Waals surface area contributed by atoms with Crippen molar-refractivity contribution in [2.45, 2.75) is 0 Å². The summed E-state index contributed by atoms with van der Waals surface area (Å²) in [6, 6.07) is 18.1. The third-order valence-electron chi connectivity index (χ3n) is 3.97. The van der Waals surface area contributed by atoms with Crippen LogP contribution in [0.3, 0.4) is 0 Å². The van der Waals surface area contributed by atoms with Crippen molar-refractivity contribution >= 4 is 40.0 Å². The maximum absolute atomic E-state index is 11.6. The first-order chi connectivity index (χ1) is 13.4. The number of halogens is 1. The van der Waals surface area contributed by atoms with Gasteiger partial charge in [-0.05, 0) is 30.3 Å². The Hall–Kier alpha value is -3.96. The molecule has 0 aliphatic rings. The van der Waals surface area contributed by atoms with E-state index in [1.807, 2.05) is 6.07 Å². The van der Waals surface area contributed by atoms with Gasteiger partial charge in [0.05, 0.1) is 20.4 Å². The van der Waals surface area contributed by atoms with Gasteiger partial charge in [-0.15, -0.1) is 0 Å². The van der Waals surface area contributed by atoms with Gasteiger partial charge in [-0.1, -0.05) is 35.9 Å². The number of nitriles is 1. The van der Waals surface area contributed by atoms with Crippen molar-refractivity contribution in [3.63, 3.8) is 0 Å². The Morgan fingerprint density at radius 3 is 1.79 bits per heavy atom. The lowest BCUT2D eigenvalue weighted by Crippen LogP contribution is -2.13. The maximum atomic E-state index is 11.6. The summed E-state index contributed by atoms with van der Waals surface area (Å²) in [5, 5.41) is 32.3. The molecule has 0 atom stereocenters. The Labute approximate surface area is 164 Å². The minimum Gasteiger partial charge on any atom is -0.298 e. The highest BCUT2D eigenvalue weighted by molar-refractivity contribution is 6.32. The average Bonchev–Trinajstić information content (AvgIpc) is 2.69. The minimum atomic E-state index is -0.567. The predicted octanol–water partition coefficient (Wildman–Crippen LogP) is 5.50. The molecular formula is C19H11ClN4O4. The van der Waals surface area contributed by atoms with Gasteiger partial charge in [-0.2, -0.15) is 5.26 Å². The van der Waals surface area contributed by atoms with Gasteiger partial charge in [0.2, 0.25) is 0 Å². The smallest absolute Gasteiger partial charge is 0.293 e. The van der Waals surface area contributed by atoms with Crippen LogP contribution in [-0.2, 0) is 0 Å². The second kappa shape index (κ2) is 7.73. The van der Waals surface area contributed by atoms with Gasteiger partial charge in [-0.25, -0.2) is 0 Å². The first kappa shape index (κ1) is 18.8. The van der Waals surface area contributed by atoms with Crippen LogP contribution in [0.25, 0.3) is 0 Å². The molecular weight excluding hydrogens is 384 g/mol. The molecule has 28 heavy (non-hydrogen) atoms. The van der Waals surface area contributed by atoms with Crippen LogP contribution in [0.2, 0.25) is 5.02 Å². The summed E-state index contributed by atoms with van der Waals surface area (Å²) in [4.78, 5) is 23.3. The van der Waals surface area contributed by atoms with E-state index in [0.29, 0.717) is 5.69 Å². The maximum Gasteiger partial charge on any atom is 0.293 e. The van der Waals surface area contributed by atoms with E-state index in [9.17, 15) is 20.2 Å². The summed E-state index contributed by atoms with van der Waals surface area (Å²) in [6.07, 6.45) is 0. The Balaban J connectivity index is 2.34. The third kappa shape index (κ3) is 3.47.